The minimum Gasteiger partial charge on any atom is -0.481 e. The van der Waals surface area contributed by atoms with E-state index in [1.54, 1.807) is 11.9 Å². The van der Waals surface area contributed by atoms with Crippen LogP contribution in [0.15, 0.2) is 0 Å². The van der Waals surface area contributed by atoms with Crippen molar-refractivity contribution in [2.45, 2.75) is 32.6 Å². The Hall–Kier alpha value is -1.06. The molecule has 4 heteroatoms. The normalized spacial score (nSPS) is 25.2. The van der Waals surface area contributed by atoms with E-state index in [-0.39, 0.29) is 18.2 Å². The van der Waals surface area contributed by atoms with Gasteiger partial charge >= 0.3 is 5.97 Å². The molecule has 15 heavy (non-hydrogen) atoms. The van der Waals surface area contributed by atoms with E-state index in [0.717, 1.165) is 19.3 Å². The third-order valence-corrected chi connectivity index (χ3v) is 3.22. The predicted molar refractivity (Wildman–Crippen MR) is 56.4 cm³/mol. The number of carboxylic acids is 1. The van der Waals surface area contributed by atoms with Gasteiger partial charge in [-0.1, -0.05) is 13.3 Å². The second-order valence-electron chi connectivity index (χ2n) is 4.42. The Morgan fingerprint density at radius 2 is 2.07 bits per heavy atom. The highest BCUT2D eigenvalue weighted by Crippen LogP contribution is 2.32. The highest BCUT2D eigenvalue weighted by atomic mass is 16.4. The number of hydrogen-bond donors (Lipinski definition) is 1. The first-order valence-corrected chi connectivity index (χ1v) is 5.49. The Balaban J connectivity index is 2.41. The first-order chi connectivity index (χ1) is 7.02. The topological polar surface area (TPSA) is 57.6 Å². The van der Waals surface area contributed by atoms with Gasteiger partial charge in [0, 0.05) is 19.5 Å². The predicted octanol–water partition coefficient (Wildman–Crippen LogP) is 1.36. The van der Waals surface area contributed by atoms with Crippen LogP contribution in [0.2, 0.25) is 0 Å². The molecule has 0 aromatic rings. The van der Waals surface area contributed by atoms with Gasteiger partial charge in [0.05, 0.1) is 6.42 Å². The minimum atomic E-state index is -0.853. The van der Waals surface area contributed by atoms with Crippen LogP contribution in [0.25, 0.3) is 0 Å². The van der Waals surface area contributed by atoms with E-state index < -0.39 is 5.97 Å². The van der Waals surface area contributed by atoms with Crippen LogP contribution in [0, 0.1) is 11.8 Å². The van der Waals surface area contributed by atoms with E-state index in [2.05, 4.69) is 6.92 Å². The van der Waals surface area contributed by atoms with E-state index in [0.29, 0.717) is 12.5 Å². The zero-order valence-electron chi connectivity index (χ0n) is 9.40. The van der Waals surface area contributed by atoms with Crippen molar-refractivity contribution in [2.75, 3.05) is 13.6 Å². The smallest absolute Gasteiger partial charge is 0.305 e. The highest BCUT2D eigenvalue weighted by molar-refractivity contribution is 5.79. The van der Waals surface area contributed by atoms with Gasteiger partial charge in [-0.25, -0.2) is 0 Å². The molecule has 2 atom stereocenters. The highest BCUT2D eigenvalue weighted by Gasteiger charge is 2.31. The molecule has 0 bridgehead atoms. The summed E-state index contributed by atoms with van der Waals surface area (Å²) in [5.41, 5.74) is 0. The van der Waals surface area contributed by atoms with Gasteiger partial charge in [-0.15, -0.1) is 0 Å². The minimum absolute atomic E-state index is 0.0311. The summed E-state index contributed by atoms with van der Waals surface area (Å²) in [6.07, 6.45) is 3.22. The number of carboxylic acid groups (broad SMARTS) is 1. The standard InChI is InChI=1S/C11H19NO3/c1-8-4-3-5-9(8)11(15)12(2)7-6-10(13)14/h8-9H,3-7H2,1-2H3,(H,13,14). The molecule has 1 fully saturated rings. The third-order valence-electron chi connectivity index (χ3n) is 3.22. The van der Waals surface area contributed by atoms with Gasteiger partial charge in [-0.3, -0.25) is 9.59 Å². The van der Waals surface area contributed by atoms with Gasteiger partial charge in [0.1, 0.15) is 0 Å². The summed E-state index contributed by atoms with van der Waals surface area (Å²) in [5, 5.41) is 8.52. The second kappa shape index (κ2) is 5.14. The lowest BCUT2D eigenvalue weighted by Crippen LogP contribution is -2.35. The van der Waals surface area contributed by atoms with Gasteiger partial charge in [0.2, 0.25) is 5.91 Å². The van der Waals surface area contributed by atoms with E-state index >= 15 is 0 Å². The van der Waals surface area contributed by atoms with Crippen molar-refractivity contribution in [3.63, 3.8) is 0 Å². The molecule has 0 radical (unpaired) electrons. The summed E-state index contributed by atoms with van der Waals surface area (Å²) in [6, 6.07) is 0. The van der Waals surface area contributed by atoms with E-state index in [1.165, 1.54) is 0 Å². The number of carbonyl (C=O) groups is 2. The van der Waals surface area contributed by atoms with Gasteiger partial charge in [0.25, 0.3) is 0 Å². The SMILES string of the molecule is CC1CCCC1C(=O)N(C)CCC(=O)O. The van der Waals surface area contributed by atoms with Crippen molar-refractivity contribution in [2.24, 2.45) is 11.8 Å². The molecule has 2 unspecified atom stereocenters. The van der Waals surface area contributed by atoms with Gasteiger partial charge in [-0.2, -0.15) is 0 Å². The second-order valence-corrected chi connectivity index (χ2v) is 4.42. The fraction of sp³-hybridized carbons (Fsp3) is 0.818. The molecule has 0 heterocycles. The molecular weight excluding hydrogens is 194 g/mol. The summed E-state index contributed by atoms with van der Waals surface area (Å²) >= 11 is 0. The fourth-order valence-corrected chi connectivity index (χ4v) is 2.17. The largest absolute Gasteiger partial charge is 0.481 e. The van der Waals surface area contributed by atoms with Crippen LogP contribution in [-0.2, 0) is 9.59 Å². The van der Waals surface area contributed by atoms with Crippen LogP contribution in [0.5, 0.6) is 0 Å². The van der Waals surface area contributed by atoms with Crippen LogP contribution >= 0.6 is 0 Å². The summed E-state index contributed by atoms with van der Waals surface area (Å²) in [4.78, 5) is 23.8. The van der Waals surface area contributed by atoms with Crippen LogP contribution in [0.1, 0.15) is 32.6 Å². The maximum absolute atomic E-state index is 11.9. The quantitative estimate of drug-likeness (QED) is 0.767. The number of rotatable bonds is 4. The molecule has 1 amide bonds. The monoisotopic (exact) mass is 213 g/mol. The van der Waals surface area contributed by atoms with Crippen molar-refractivity contribution in [1.82, 2.24) is 4.90 Å². The number of hydrogen-bond acceptors (Lipinski definition) is 2. The number of nitrogens with zero attached hydrogens (tertiary/aromatic N) is 1. The van der Waals surface area contributed by atoms with Crippen LogP contribution in [-0.4, -0.2) is 35.5 Å². The lowest BCUT2D eigenvalue weighted by atomic mass is 9.97. The fourth-order valence-electron chi connectivity index (χ4n) is 2.17. The Labute approximate surface area is 90.3 Å². The summed E-state index contributed by atoms with van der Waals surface area (Å²) in [7, 11) is 1.69. The molecule has 86 valence electrons. The maximum atomic E-state index is 11.9. The van der Waals surface area contributed by atoms with Crippen molar-refractivity contribution >= 4 is 11.9 Å². The van der Waals surface area contributed by atoms with Crippen LogP contribution in [0.4, 0.5) is 0 Å². The van der Waals surface area contributed by atoms with Crippen molar-refractivity contribution < 1.29 is 14.7 Å². The first kappa shape index (κ1) is 12.0. The summed E-state index contributed by atoms with van der Waals surface area (Å²) in [5.74, 6) is -0.177. The Kier molecular flexibility index (Phi) is 4.12. The maximum Gasteiger partial charge on any atom is 0.305 e. The molecule has 1 aliphatic carbocycles. The molecule has 1 saturated carbocycles. The van der Waals surface area contributed by atoms with Crippen molar-refractivity contribution in [3.05, 3.63) is 0 Å². The number of aliphatic carboxylic acids is 1. The van der Waals surface area contributed by atoms with E-state index in [4.69, 9.17) is 5.11 Å². The molecule has 1 N–H and O–H groups in total. The van der Waals surface area contributed by atoms with Crippen LogP contribution in [0.3, 0.4) is 0 Å². The molecule has 1 aliphatic rings. The molecule has 0 aliphatic heterocycles. The van der Waals surface area contributed by atoms with Gasteiger partial charge < -0.3 is 10.0 Å². The zero-order valence-corrected chi connectivity index (χ0v) is 9.40. The molecule has 0 aromatic heterocycles. The molecule has 4 nitrogen and oxygen atoms in total. The van der Waals surface area contributed by atoms with Crippen LogP contribution < -0.4 is 0 Å². The van der Waals surface area contributed by atoms with E-state index in [1.807, 2.05) is 0 Å². The summed E-state index contributed by atoms with van der Waals surface area (Å²) < 4.78 is 0. The zero-order chi connectivity index (χ0) is 11.4. The summed E-state index contributed by atoms with van der Waals surface area (Å²) in [6.45, 7) is 2.41. The molecule has 0 spiro atoms. The molecule has 0 saturated heterocycles. The van der Waals surface area contributed by atoms with Gasteiger partial charge in [0.15, 0.2) is 0 Å². The third kappa shape index (κ3) is 3.22. The molecular formula is C11H19NO3. The Morgan fingerprint density at radius 1 is 1.40 bits per heavy atom. The van der Waals surface area contributed by atoms with Crippen molar-refractivity contribution in [3.8, 4) is 0 Å². The van der Waals surface area contributed by atoms with Gasteiger partial charge in [-0.05, 0) is 18.8 Å². The Morgan fingerprint density at radius 3 is 2.53 bits per heavy atom. The lowest BCUT2D eigenvalue weighted by Gasteiger charge is -2.22. The molecule has 1 rings (SSSR count). The average Bonchev–Trinajstić information content (AvgIpc) is 2.59. The first-order valence-electron chi connectivity index (χ1n) is 5.49. The lowest BCUT2D eigenvalue weighted by molar-refractivity contribution is -0.139. The number of amides is 1. The molecule has 0 aromatic carbocycles. The Bertz CT molecular complexity index is 252. The average molecular weight is 213 g/mol. The van der Waals surface area contributed by atoms with Crippen molar-refractivity contribution in [1.29, 1.82) is 0 Å². The van der Waals surface area contributed by atoms with E-state index in [9.17, 15) is 9.59 Å². The number of carbonyl (C=O) groups excluding carboxylic acids is 1.